The summed E-state index contributed by atoms with van der Waals surface area (Å²) in [6, 6.07) is 44.9. The van der Waals surface area contributed by atoms with Gasteiger partial charge in [-0.3, -0.25) is 19.2 Å². The number of carboxylic acid groups (broad SMARTS) is 1. The Morgan fingerprint density at radius 2 is 0.844 bits per heavy atom. The largest absolute Gasteiger partial charge is 0.481 e. The maximum Gasteiger partial charge on any atom is 0.308 e. The molecule has 2 aromatic heterocycles. The standard InChI is InChI=1S/C38H45FN2O6.C34H37FN2O6/c1-24(2)35-34(37(46)40-29-17-11-25(23-42)12-18-29)33(26-9-7-6-8-10-26)36(27-13-15-28(39)16-14-27)41(35)20-19-30(43)21-31(44)22-32(45)47-38(3,4)5;1-21(2)32-31(34(43)36-26-14-8-22(20-38)9-15-26)30(23-6-4-3-5-7-23)33(24-10-12-25(35)13-11-24)37(32)17-16-27(39)18-28(40)19-29(41)42/h6-18,24,30-31,42-44H,19-23H2,1-5H3,(H,40,46);3-15,21,27-28,38-40H,16-20H2,1-2H3,(H,36,43)(H,41,42)/t30-,31-;27-,28-/m11/s1. The van der Waals surface area contributed by atoms with E-state index in [1.807, 2.05) is 97.5 Å². The van der Waals surface area contributed by atoms with Crippen LogP contribution < -0.4 is 10.6 Å². The quantitative estimate of drug-likeness (QED) is 0.0230. The van der Waals surface area contributed by atoms with Crippen molar-refractivity contribution < 1.29 is 68.4 Å². The lowest BCUT2D eigenvalue weighted by atomic mass is 9.94. The average Bonchev–Trinajstić information content (AvgIpc) is 1.62. The molecule has 476 valence electrons. The predicted octanol–water partition coefficient (Wildman–Crippen LogP) is 12.9. The number of halogens is 2. The molecule has 6 aromatic carbocycles. The van der Waals surface area contributed by atoms with Crippen molar-refractivity contribution in [2.75, 3.05) is 10.6 Å². The molecule has 16 nitrogen and oxygen atoms in total. The molecule has 0 aliphatic heterocycles. The summed E-state index contributed by atoms with van der Waals surface area (Å²) in [6.07, 6.45) is -4.72. The van der Waals surface area contributed by atoms with E-state index < -0.39 is 60.0 Å². The fourth-order valence-electron chi connectivity index (χ4n) is 11.1. The van der Waals surface area contributed by atoms with Crippen LogP contribution in [-0.4, -0.2) is 98.6 Å². The lowest BCUT2D eigenvalue weighted by Gasteiger charge is -2.22. The average molecular weight is 1230 g/mol. The number of rotatable bonds is 26. The minimum absolute atomic E-state index is 0.0356. The number of carbonyl (C=O) groups excluding carboxylic acids is 3. The van der Waals surface area contributed by atoms with Crippen molar-refractivity contribution in [3.63, 3.8) is 0 Å². The number of amides is 2. The number of aliphatic carboxylic acids is 1. The second-order valence-corrected chi connectivity index (χ2v) is 24.0. The van der Waals surface area contributed by atoms with E-state index in [0.717, 1.165) is 22.4 Å². The highest BCUT2D eigenvalue weighted by Crippen LogP contribution is 2.45. The molecule has 0 aliphatic carbocycles. The molecule has 0 spiro atoms. The third-order valence-corrected chi connectivity index (χ3v) is 15.0. The number of benzene rings is 6. The van der Waals surface area contributed by atoms with Gasteiger partial charge in [-0.05, 0) is 164 Å². The number of esters is 1. The third-order valence-electron chi connectivity index (χ3n) is 15.0. The molecule has 18 heteroatoms. The van der Waals surface area contributed by atoms with E-state index in [-0.39, 0.29) is 82.1 Å². The summed E-state index contributed by atoms with van der Waals surface area (Å²) >= 11 is 0. The summed E-state index contributed by atoms with van der Waals surface area (Å²) in [5.41, 5.74) is 9.82. The molecule has 8 rings (SSSR count). The number of nitrogens with zero attached hydrogens (tertiary/aromatic N) is 2. The molecular weight excluding hydrogens is 1150 g/mol. The zero-order valence-electron chi connectivity index (χ0n) is 51.9. The predicted molar refractivity (Wildman–Crippen MR) is 345 cm³/mol. The molecular formula is C72H82F2N4O12. The van der Waals surface area contributed by atoms with Gasteiger partial charge in [0.2, 0.25) is 0 Å². The SMILES string of the molecule is CC(C)c1c(C(=O)Nc2ccc(CO)cc2)c(-c2ccccc2)c(-c2ccc(F)cc2)n1CC[C@@H](O)C[C@@H](O)CC(=O)O.CC(C)c1c(C(=O)Nc2ccc(CO)cc2)c(-c2ccccc2)c(-c2ccc(F)cc2)n1CC[C@@H](O)C[C@@H](O)CC(=O)OC(C)(C)C. The molecule has 0 saturated carbocycles. The Balaban J connectivity index is 0.000000257. The summed E-state index contributed by atoms with van der Waals surface area (Å²) < 4.78 is 37.5. The van der Waals surface area contributed by atoms with Crippen LogP contribution in [0.5, 0.6) is 0 Å². The minimum Gasteiger partial charge on any atom is -0.481 e. The molecule has 0 unspecified atom stereocenters. The summed E-state index contributed by atoms with van der Waals surface area (Å²) in [6.45, 7) is 13.5. The second kappa shape index (κ2) is 31.7. The van der Waals surface area contributed by atoms with Gasteiger partial charge in [-0.1, -0.05) is 113 Å². The first-order valence-electron chi connectivity index (χ1n) is 30.2. The third kappa shape index (κ3) is 18.5. The lowest BCUT2D eigenvalue weighted by Crippen LogP contribution is -2.28. The normalized spacial score (nSPS) is 12.9. The van der Waals surface area contributed by atoms with Crippen molar-refractivity contribution in [3.8, 4) is 44.8 Å². The van der Waals surface area contributed by atoms with E-state index in [0.29, 0.717) is 67.4 Å². The Morgan fingerprint density at radius 3 is 1.17 bits per heavy atom. The Kier molecular flexibility index (Phi) is 24.3. The van der Waals surface area contributed by atoms with Crippen molar-refractivity contribution in [1.29, 1.82) is 0 Å². The van der Waals surface area contributed by atoms with E-state index in [9.17, 15) is 58.6 Å². The van der Waals surface area contributed by atoms with Gasteiger partial charge in [0.15, 0.2) is 0 Å². The van der Waals surface area contributed by atoms with Gasteiger partial charge in [0.05, 0.1) is 73.0 Å². The molecule has 4 atom stereocenters. The molecule has 90 heavy (non-hydrogen) atoms. The summed E-state index contributed by atoms with van der Waals surface area (Å²) in [5, 5.41) is 76.3. The van der Waals surface area contributed by atoms with Crippen LogP contribution in [0.3, 0.4) is 0 Å². The first-order chi connectivity index (χ1) is 42.8. The number of aromatic nitrogens is 2. The zero-order valence-corrected chi connectivity index (χ0v) is 51.9. The van der Waals surface area contributed by atoms with Gasteiger partial charge in [-0.15, -0.1) is 0 Å². The maximum atomic E-state index is 14.3. The van der Waals surface area contributed by atoms with Crippen molar-refractivity contribution in [2.45, 2.75) is 155 Å². The second-order valence-electron chi connectivity index (χ2n) is 24.0. The van der Waals surface area contributed by atoms with Crippen molar-refractivity contribution in [2.24, 2.45) is 0 Å². The van der Waals surface area contributed by atoms with E-state index in [2.05, 4.69) is 10.6 Å². The van der Waals surface area contributed by atoms with Crippen molar-refractivity contribution >= 4 is 35.1 Å². The summed E-state index contributed by atoms with van der Waals surface area (Å²) in [7, 11) is 0. The van der Waals surface area contributed by atoms with Crippen LogP contribution in [0.1, 0.15) is 142 Å². The molecule has 0 aliphatic rings. The Labute approximate surface area is 524 Å². The van der Waals surface area contributed by atoms with E-state index >= 15 is 0 Å². The number of carbonyl (C=O) groups is 4. The summed E-state index contributed by atoms with van der Waals surface area (Å²) in [5.74, 6) is -3.46. The number of anilines is 2. The molecule has 9 N–H and O–H groups in total. The van der Waals surface area contributed by atoms with E-state index in [1.54, 1.807) is 93.6 Å². The molecule has 8 aromatic rings. The molecule has 0 radical (unpaired) electrons. The van der Waals surface area contributed by atoms with Gasteiger partial charge in [-0.2, -0.15) is 0 Å². The first-order valence-corrected chi connectivity index (χ1v) is 30.2. The molecule has 2 heterocycles. The van der Waals surface area contributed by atoms with Gasteiger partial charge in [0.1, 0.15) is 17.2 Å². The zero-order chi connectivity index (χ0) is 65.4. The monoisotopic (exact) mass is 1230 g/mol. The van der Waals surface area contributed by atoms with Crippen LogP contribution in [0.25, 0.3) is 44.8 Å². The lowest BCUT2D eigenvalue weighted by molar-refractivity contribution is -0.157. The van der Waals surface area contributed by atoms with Crippen LogP contribution >= 0.6 is 0 Å². The highest BCUT2D eigenvalue weighted by molar-refractivity contribution is 6.13. The molecule has 0 saturated heterocycles. The number of aliphatic hydroxyl groups is 6. The van der Waals surface area contributed by atoms with Crippen LogP contribution in [0.15, 0.2) is 158 Å². The topological polar surface area (TPSA) is 253 Å². The first kappa shape index (κ1) is 68.9. The number of nitrogens with one attached hydrogen (secondary N) is 2. The Bertz CT molecular complexity index is 3660. The van der Waals surface area contributed by atoms with Gasteiger partial charge in [0, 0.05) is 47.0 Å². The number of hydrogen-bond donors (Lipinski definition) is 9. The molecule has 2 amide bonds. The fourth-order valence-corrected chi connectivity index (χ4v) is 11.1. The van der Waals surface area contributed by atoms with E-state index in [4.69, 9.17) is 9.84 Å². The van der Waals surface area contributed by atoms with Gasteiger partial charge >= 0.3 is 11.9 Å². The van der Waals surface area contributed by atoms with Gasteiger partial charge in [-0.25, -0.2) is 8.78 Å². The Hall–Kier alpha value is -8.62. The highest BCUT2D eigenvalue weighted by atomic mass is 19.1. The van der Waals surface area contributed by atoms with Crippen molar-refractivity contribution in [1.82, 2.24) is 9.13 Å². The molecule has 0 bridgehead atoms. The number of carboxylic acids is 1. The number of hydrogen-bond acceptors (Lipinski definition) is 11. The van der Waals surface area contributed by atoms with Crippen molar-refractivity contribution in [3.05, 3.63) is 203 Å². The summed E-state index contributed by atoms with van der Waals surface area (Å²) in [4.78, 5) is 51.6. The Morgan fingerprint density at radius 1 is 0.489 bits per heavy atom. The van der Waals surface area contributed by atoms with Crippen LogP contribution in [0.4, 0.5) is 20.2 Å². The molecule has 0 fully saturated rings. The van der Waals surface area contributed by atoms with Gasteiger partial charge in [0.25, 0.3) is 11.8 Å². The van der Waals surface area contributed by atoms with E-state index in [1.165, 1.54) is 24.3 Å². The van der Waals surface area contributed by atoms with Crippen LogP contribution in [0, 0.1) is 11.6 Å². The smallest absolute Gasteiger partial charge is 0.308 e. The minimum atomic E-state index is -1.20. The number of aliphatic hydroxyl groups excluding tert-OH is 6. The number of ether oxygens (including phenoxy) is 1. The fraction of sp³-hybridized carbons (Fsp3) is 0.333. The van der Waals surface area contributed by atoms with Crippen LogP contribution in [0.2, 0.25) is 0 Å². The maximum absolute atomic E-state index is 14.3. The highest BCUT2D eigenvalue weighted by Gasteiger charge is 2.33. The van der Waals surface area contributed by atoms with Crippen LogP contribution in [-0.2, 0) is 40.6 Å². The van der Waals surface area contributed by atoms with Gasteiger partial charge < -0.3 is 60.3 Å².